The Labute approximate surface area is 59.1 Å². The van der Waals surface area contributed by atoms with Gasteiger partial charge in [-0.15, -0.1) is 0 Å². The molecule has 0 saturated heterocycles. The summed E-state index contributed by atoms with van der Waals surface area (Å²) in [7, 11) is 0. The Kier molecular flexibility index (Phi) is 1.68. The minimum Gasteiger partial charge on any atom is -0.327 e. The van der Waals surface area contributed by atoms with Crippen LogP contribution in [0.4, 0.5) is 13.2 Å². The molecule has 0 fully saturated rings. The van der Waals surface area contributed by atoms with Gasteiger partial charge >= 0.3 is 11.9 Å². The molecule has 2 N–H and O–H groups in total. The maximum absolute atomic E-state index is 11.8. The second-order valence-corrected chi connectivity index (χ2v) is 2.79. The highest BCUT2D eigenvalue weighted by molar-refractivity contribution is 8.12. The molecule has 2 nitrogen and oxygen atoms in total. The molecule has 0 aliphatic carbocycles. The predicted molar refractivity (Wildman–Crippen MR) is 30.5 cm³/mol. The summed E-state index contributed by atoms with van der Waals surface area (Å²) in [6, 6.07) is 0. The van der Waals surface area contributed by atoms with E-state index >= 15 is 0 Å². The Morgan fingerprint density at radius 2 is 2.20 bits per heavy atom. The molecule has 10 heavy (non-hydrogen) atoms. The van der Waals surface area contributed by atoms with Gasteiger partial charge in [0.1, 0.15) is 5.75 Å². The SMILES string of the molecule is OC1(C(F)(F)F)CSC=[NH+]1. The molecule has 0 radical (unpaired) electrons. The summed E-state index contributed by atoms with van der Waals surface area (Å²) in [6.45, 7) is 0. The predicted octanol–water partition coefficient (Wildman–Crippen LogP) is -0.907. The average molecular weight is 172 g/mol. The van der Waals surface area contributed by atoms with Crippen molar-refractivity contribution in [1.82, 2.24) is 0 Å². The molecule has 1 heterocycles. The number of nitrogens with one attached hydrogen (secondary N) is 1. The van der Waals surface area contributed by atoms with Gasteiger partial charge in [-0.25, -0.2) is 4.99 Å². The van der Waals surface area contributed by atoms with E-state index in [0.29, 0.717) is 0 Å². The van der Waals surface area contributed by atoms with Crippen LogP contribution in [-0.2, 0) is 0 Å². The van der Waals surface area contributed by atoms with Gasteiger partial charge in [0.15, 0.2) is 5.55 Å². The highest BCUT2D eigenvalue weighted by atomic mass is 32.2. The molecule has 0 bridgehead atoms. The molecular weight excluding hydrogens is 167 g/mol. The van der Waals surface area contributed by atoms with Gasteiger partial charge in [-0.2, -0.15) is 13.2 Å². The second-order valence-electron chi connectivity index (χ2n) is 1.93. The van der Waals surface area contributed by atoms with E-state index in [1.54, 1.807) is 0 Å². The van der Waals surface area contributed by atoms with Crippen molar-refractivity contribution in [3.8, 4) is 0 Å². The van der Waals surface area contributed by atoms with Crippen molar-refractivity contribution < 1.29 is 23.3 Å². The number of halogens is 3. The minimum atomic E-state index is -4.59. The van der Waals surface area contributed by atoms with E-state index in [0.717, 1.165) is 17.3 Å². The molecule has 0 saturated carbocycles. The third kappa shape index (κ3) is 1.13. The van der Waals surface area contributed by atoms with Crippen molar-refractivity contribution in [3.63, 3.8) is 0 Å². The van der Waals surface area contributed by atoms with Gasteiger partial charge in [0.05, 0.1) is 0 Å². The van der Waals surface area contributed by atoms with Crippen molar-refractivity contribution in [1.29, 1.82) is 0 Å². The van der Waals surface area contributed by atoms with E-state index in [4.69, 9.17) is 5.11 Å². The van der Waals surface area contributed by atoms with Crippen LogP contribution in [0.1, 0.15) is 0 Å². The second kappa shape index (κ2) is 2.13. The highest BCUT2D eigenvalue weighted by Crippen LogP contribution is 2.28. The average Bonchev–Trinajstić information content (AvgIpc) is 2.13. The maximum Gasteiger partial charge on any atom is 0.484 e. The lowest BCUT2D eigenvalue weighted by Crippen LogP contribution is -2.88. The summed E-state index contributed by atoms with van der Waals surface area (Å²) in [4.78, 5) is 1.84. The van der Waals surface area contributed by atoms with Crippen LogP contribution in [0.3, 0.4) is 0 Å². The lowest BCUT2D eigenvalue weighted by Gasteiger charge is -2.15. The van der Waals surface area contributed by atoms with Gasteiger partial charge in [-0.1, -0.05) is 11.8 Å². The van der Waals surface area contributed by atoms with Crippen LogP contribution in [0.2, 0.25) is 0 Å². The standard InChI is InChI=1S/C4H4F3NOS/c5-4(6,7)3(9)1-10-2-8-3/h2,9H,1H2/p+1. The summed E-state index contributed by atoms with van der Waals surface area (Å²) in [5.74, 6) is -0.378. The van der Waals surface area contributed by atoms with Crippen LogP contribution in [0.15, 0.2) is 0 Å². The van der Waals surface area contributed by atoms with Crippen molar-refractivity contribution in [2.45, 2.75) is 11.9 Å². The number of hydrogen-bond acceptors (Lipinski definition) is 2. The maximum atomic E-state index is 11.8. The zero-order valence-corrected chi connectivity index (χ0v) is 5.59. The first-order chi connectivity index (χ1) is 4.46. The number of aliphatic hydroxyl groups is 1. The summed E-state index contributed by atoms with van der Waals surface area (Å²) in [5.41, 5.74) is -1.58. The lowest BCUT2D eigenvalue weighted by atomic mass is 10.3. The topological polar surface area (TPSA) is 34.2 Å². The first-order valence-corrected chi connectivity index (χ1v) is 3.51. The van der Waals surface area contributed by atoms with Crippen LogP contribution in [-0.4, -0.2) is 28.3 Å². The van der Waals surface area contributed by atoms with Gasteiger partial charge in [0.25, 0.3) is 0 Å². The summed E-state index contributed by atoms with van der Waals surface area (Å²) in [5, 5.41) is 8.74. The summed E-state index contributed by atoms with van der Waals surface area (Å²) < 4.78 is 35.4. The zero-order valence-electron chi connectivity index (χ0n) is 4.77. The fourth-order valence-corrected chi connectivity index (χ4v) is 1.36. The molecule has 0 amide bonds. The third-order valence-corrected chi connectivity index (χ3v) is 2.01. The molecule has 1 rings (SSSR count). The van der Waals surface area contributed by atoms with Crippen LogP contribution in [0.25, 0.3) is 0 Å². The van der Waals surface area contributed by atoms with E-state index in [9.17, 15) is 13.2 Å². The lowest BCUT2D eigenvalue weighted by molar-refractivity contribution is -0.644. The number of thioether (sulfide) groups is 1. The summed E-state index contributed by atoms with van der Waals surface area (Å²) in [6.07, 6.45) is -4.59. The van der Waals surface area contributed by atoms with E-state index < -0.39 is 11.9 Å². The van der Waals surface area contributed by atoms with E-state index in [1.165, 1.54) is 0 Å². The Balaban J connectivity index is 2.78. The Morgan fingerprint density at radius 3 is 2.40 bits per heavy atom. The summed E-state index contributed by atoms with van der Waals surface area (Å²) >= 11 is 0.902. The Bertz CT molecular complexity index is 168. The van der Waals surface area contributed by atoms with Gasteiger partial charge < -0.3 is 5.11 Å². The van der Waals surface area contributed by atoms with Gasteiger partial charge in [-0.3, -0.25) is 0 Å². The zero-order chi connectivity index (χ0) is 7.83. The molecule has 1 aliphatic rings. The van der Waals surface area contributed by atoms with Crippen molar-refractivity contribution >= 4 is 17.3 Å². The largest absolute Gasteiger partial charge is 0.484 e. The molecule has 1 unspecified atom stereocenters. The van der Waals surface area contributed by atoms with Crippen molar-refractivity contribution in [2.24, 2.45) is 0 Å². The Hall–Kier alpha value is -0.230. The van der Waals surface area contributed by atoms with Gasteiger partial charge in [0, 0.05) is 0 Å². The third-order valence-electron chi connectivity index (χ3n) is 1.14. The van der Waals surface area contributed by atoms with Crippen molar-refractivity contribution in [3.05, 3.63) is 0 Å². The van der Waals surface area contributed by atoms with Gasteiger partial charge in [0.2, 0.25) is 0 Å². The molecule has 0 aromatic carbocycles. The van der Waals surface area contributed by atoms with E-state index in [2.05, 4.69) is 0 Å². The van der Waals surface area contributed by atoms with Gasteiger partial charge in [-0.05, 0) is 0 Å². The normalized spacial score (nSPS) is 33.2. The molecule has 6 heteroatoms. The molecule has 58 valence electrons. The van der Waals surface area contributed by atoms with Crippen LogP contribution in [0.5, 0.6) is 0 Å². The highest BCUT2D eigenvalue weighted by Gasteiger charge is 2.61. The van der Waals surface area contributed by atoms with Crippen LogP contribution < -0.4 is 4.99 Å². The van der Waals surface area contributed by atoms with Crippen LogP contribution in [0, 0.1) is 0 Å². The number of rotatable bonds is 0. The molecule has 0 aromatic rings. The minimum absolute atomic E-state index is 0.378. The first-order valence-electron chi connectivity index (χ1n) is 2.46. The molecular formula is C4H5F3NOS+. The number of alkyl halides is 3. The Morgan fingerprint density at radius 1 is 1.60 bits per heavy atom. The number of hydrogen-bond donors (Lipinski definition) is 2. The molecule has 1 atom stereocenters. The monoisotopic (exact) mass is 172 g/mol. The fraction of sp³-hybridized carbons (Fsp3) is 0.750. The fourth-order valence-electron chi connectivity index (χ4n) is 0.507. The molecule has 0 spiro atoms. The van der Waals surface area contributed by atoms with Crippen molar-refractivity contribution in [2.75, 3.05) is 5.75 Å². The van der Waals surface area contributed by atoms with Crippen LogP contribution >= 0.6 is 11.8 Å². The van der Waals surface area contributed by atoms with E-state index in [1.807, 2.05) is 4.99 Å². The quantitative estimate of drug-likeness (QED) is 0.496. The smallest absolute Gasteiger partial charge is 0.327 e. The first kappa shape index (κ1) is 7.87. The van der Waals surface area contributed by atoms with E-state index in [-0.39, 0.29) is 5.75 Å². The molecule has 0 aromatic heterocycles. The molecule has 1 aliphatic heterocycles.